The fourth-order valence-corrected chi connectivity index (χ4v) is 3.61. The molecular formula is C20H20FN3O5. The van der Waals surface area contributed by atoms with Crippen molar-refractivity contribution in [2.45, 2.75) is 38.8 Å². The summed E-state index contributed by atoms with van der Waals surface area (Å²) in [5.41, 5.74) is -0.679. The highest BCUT2D eigenvalue weighted by molar-refractivity contribution is 5.99. The van der Waals surface area contributed by atoms with E-state index in [4.69, 9.17) is 4.74 Å². The van der Waals surface area contributed by atoms with E-state index in [1.807, 2.05) is 6.92 Å². The van der Waals surface area contributed by atoms with Crippen LogP contribution in [0.3, 0.4) is 0 Å². The van der Waals surface area contributed by atoms with E-state index in [9.17, 15) is 23.9 Å². The number of ether oxygens (including phenoxy) is 1. The van der Waals surface area contributed by atoms with Gasteiger partial charge in [0.1, 0.15) is 11.4 Å². The maximum Gasteiger partial charge on any atom is 0.276 e. The Morgan fingerprint density at radius 2 is 2.03 bits per heavy atom. The molecule has 3 heterocycles. The van der Waals surface area contributed by atoms with E-state index in [2.05, 4.69) is 5.32 Å². The minimum Gasteiger partial charge on any atom is -0.503 e. The highest BCUT2D eigenvalue weighted by Gasteiger charge is 2.39. The average Bonchev–Trinajstić information content (AvgIpc) is 2.69. The lowest BCUT2D eigenvalue weighted by Gasteiger charge is -2.42. The molecular weight excluding hydrogens is 381 g/mol. The second kappa shape index (κ2) is 7.32. The number of amides is 2. The van der Waals surface area contributed by atoms with Crippen LogP contribution in [0.5, 0.6) is 5.75 Å². The van der Waals surface area contributed by atoms with Crippen LogP contribution in [0.1, 0.15) is 39.8 Å². The Bertz CT molecular complexity index is 1030. The first-order valence-corrected chi connectivity index (χ1v) is 9.30. The lowest BCUT2D eigenvalue weighted by atomic mass is 10.1. The number of rotatable bonds is 3. The van der Waals surface area contributed by atoms with Crippen LogP contribution < -0.4 is 10.7 Å². The number of nitrogens with one attached hydrogen (secondary N) is 1. The molecule has 0 radical (unpaired) electrons. The number of halogens is 1. The van der Waals surface area contributed by atoms with Gasteiger partial charge in [0.2, 0.25) is 5.43 Å². The van der Waals surface area contributed by atoms with E-state index in [-0.39, 0.29) is 30.5 Å². The van der Waals surface area contributed by atoms with Gasteiger partial charge in [0.15, 0.2) is 17.7 Å². The summed E-state index contributed by atoms with van der Waals surface area (Å²) in [6.07, 6.45) is 1.40. The van der Waals surface area contributed by atoms with Crippen molar-refractivity contribution >= 4 is 11.8 Å². The zero-order valence-corrected chi connectivity index (χ0v) is 15.7. The molecule has 2 amide bonds. The Labute approximate surface area is 165 Å². The van der Waals surface area contributed by atoms with E-state index >= 15 is 0 Å². The van der Waals surface area contributed by atoms with Crippen LogP contribution in [0.4, 0.5) is 4.39 Å². The Hall–Kier alpha value is -3.20. The molecule has 2 N–H and O–H groups in total. The summed E-state index contributed by atoms with van der Waals surface area (Å²) in [4.78, 5) is 39.3. The van der Waals surface area contributed by atoms with Crippen molar-refractivity contribution in [3.8, 4) is 5.75 Å². The first-order valence-electron chi connectivity index (χ1n) is 9.30. The summed E-state index contributed by atoms with van der Waals surface area (Å²) in [5, 5.41) is 12.9. The molecule has 0 bridgehead atoms. The molecule has 0 saturated carbocycles. The molecule has 1 aromatic carbocycles. The maximum absolute atomic E-state index is 13.0. The predicted octanol–water partition coefficient (Wildman–Crippen LogP) is 1.21. The smallest absolute Gasteiger partial charge is 0.276 e. The third-order valence-electron chi connectivity index (χ3n) is 5.20. The van der Waals surface area contributed by atoms with Gasteiger partial charge in [-0.1, -0.05) is 12.1 Å². The van der Waals surface area contributed by atoms with Crippen LogP contribution in [-0.2, 0) is 17.8 Å². The fraction of sp³-hybridized carbons (Fsp3) is 0.350. The third kappa shape index (κ3) is 3.49. The summed E-state index contributed by atoms with van der Waals surface area (Å²) >= 11 is 0. The lowest BCUT2D eigenvalue weighted by Crippen LogP contribution is -2.55. The Morgan fingerprint density at radius 1 is 1.31 bits per heavy atom. The van der Waals surface area contributed by atoms with E-state index in [0.717, 1.165) is 0 Å². The second-order valence-corrected chi connectivity index (χ2v) is 7.22. The number of carbonyl (C=O) groups is 2. The number of carbonyl (C=O) groups excluding carboxylic acids is 2. The SMILES string of the molecule is CC1CCN2C(=O)c3c(O)c(=O)c(C(=O)NCc4ccc(F)cc4)cn3CC2O1. The first-order chi connectivity index (χ1) is 13.8. The van der Waals surface area contributed by atoms with Gasteiger partial charge in [-0.2, -0.15) is 0 Å². The molecule has 8 nitrogen and oxygen atoms in total. The number of aromatic nitrogens is 1. The molecule has 2 atom stereocenters. The van der Waals surface area contributed by atoms with Crippen LogP contribution in [0.25, 0.3) is 0 Å². The number of pyridine rings is 1. The molecule has 2 unspecified atom stereocenters. The zero-order chi connectivity index (χ0) is 20.7. The van der Waals surface area contributed by atoms with Crippen molar-refractivity contribution in [1.82, 2.24) is 14.8 Å². The molecule has 1 aromatic heterocycles. The molecule has 2 aliphatic heterocycles. The summed E-state index contributed by atoms with van der Waals surface area (Å²) in [6, 6.07) is 5.57. The van der Waals surface area contributed by atoms with Gasteiger partial charge in [-0.25, -0.2) is 4.39 Å². The normalized spacial score (nSPS) is 20.8. The maximum atomic E-state index is 13.0. The molecule has 2 aromatic rings. The number of aromatic hydroxyl groups is 1. The van der Waals surface area contributed by atoms with Gasteiger partial charge in [0.05, 0.1) is 12.6 Å². The fourth-order valence-electron chi connectivity index (χ4n) is 3.61. The van der Waals surface area contributed by atoms with Gasteiger partial charge in [-0.3, -0.25) is 14.4 Å². The summed E-state index contributed by atoms with van der Waals surface area (Å²) < 4.78 is 20.2. The Morgan fingerprint density at radius 3 is 2.76 bits per heavy atom. The van der Waals surface area contributed by atoms with E-state index in [1.165, 1.54) is 39.9 Å². The molecule has 1 saturated heterocycles. The number of benzene rings is 1. The predicted molar refractivity (Wildman–Crippen MR) is 99.9 cm³/mol. The molecule has 152 valence electrons. The number of hydrogen-bond acceptors (Lipinski definition) is 5. The molecule has 4 rings (SSSR count). The molecule has 0 aliphatic carbocycles. The quantitative estimate of drug-likeness (QED) is 0.805. The lowest BCUT2D eigenvalue weighted by molar-refractivity contribution is -0.127. The van der Waals surface area contributed by atoms with E-state index in [0.29, 0.717) is 18.5 Å². The van der Waals surface area contributed by atoms with Gasteiger partial charge >= 0.3 is 0 Å². The van der Waals surface area contributed by atoms with Crippen LogP contribution >= 0.6 is 0 Å². The number of fused-ring (bicyclic) bond motifs is 2. The van der Waals surface area contributed by atoms with Crippen LogP contribution in [0, 0.1) is 5.82 Å². The zero-order valence-electron chi connectivity index (χ0n) is 15.7. The van der Waals surface area contributed by atoms with Crippen LogP contribution in [-0.4, -0.2) is 45.3 Å². The van der Waals surface area contributed by atoms with Crippen molar-refractivity contribution in [3.05, 3.63) is 63.3 Å². The molecule has 29 heavy (non-hydrogen) atoms. The van der Waals surface area contributed by atoms with Crippen molar-refractivity contribution in [2.75, 3.05) is 6.54 Å². The second-order valence-electron chi connectivity index (χ2n) is 7.22. The molecule has 9 heteroatoms. The standard InChI is InChI=1S/C20H20FN3O5/c1-11-6-7-24-15(29-11)10-23-9-14(17(25)18(26)16(23)20(24)28)19(27)22-8-12-2-4-13(21)5-3-12/h2-5,9,11,15,26H,6-8,10H2,1H3,(H,22,27). The van der Waals surface area contributed by atoms with Gasteiger partial charge in [0.25, 0.3) is 11.8 Å². The minimum absolute atomic E-state index is 0.0166. The largest absolute Gasteiger partial charge is 0.503 e. The Kier molecular flexibility index (Phi) is 4.83. The summed E-state index contributed by atoms with van der Waals surface area (Å²) in [6.45, 7) is 2.67. The van der Waals surface area contributed by atoms with Crippen LogP contribution in [0.15, 0.2) is 35.3 Å². The highest BCUT2D eigenvalue weighted by atomic mass is 19.1. The van der Waals surface area contributed by atoms with Gasteiger partial charge < -0.3 is 24.6 Å². The molecule has 2 aliphatic rings. The average molecular weight is 401 g/mol. The highest BCUT2D eigenvalue weighted by Crippen LogP contribution is 2.28. The number of nitrogens with zero attached hydrogens (tertiary/aromatic N) is 2. The van der Waals surface area contributed by atoms with E-state index in [1.54, 1.807) is 0 Å². The van der Waals surface area contributed by atoms with Crippen molar-refractivity contribution in [2.24, 2.45) is 0 Å². The molecule has 0 spiro atoms. The molecule has 1 fully saturated rings. The van der Waals surface area contributed by atoms with Crippen LogP contribution in [0.2, 0.25) is 0 Å². The van der Waals surface area contributed by atoms with Gasteiger partial charge in [0, 0.05) is 19.3 Å². The number of hydrogen-bond donors (Lipinski definition) is 2. The third-order valence-corrected chi connectivity index (χ3v) is 5.20. The van der Waals surface area contributed by atoms with Gasteiger partial charge in [-0.15, -0.1) is 0 Å². The van der Waals surface area contributed by atoms with E-state index < -0.39 is 35.0 Å². The summed E-state index contributed by atoms with van der Waals surface area (Å²) in [5.74, 6) is -2.34. The van der Waals surface area contributed by atoms with Gasteiger partial charge in [-0.05, 0) is 31.0 Å². The van der Waals surface area contributed by atoms with Crippen molar-refractivity contribution in [1.29, 1.82) is 0 Å². The first kappa shape index (κ1) is 19.1. The topological polar surface area (TPSA) is 101 Å². The monoisotopic (exact) mass is 401 g/mol. The van der Waals surface area contributed by atoms with Crippen molar-refractivity contribution in [3.63, 3.8) is 0 Å². The summed E-state index contributed by atoms with van der Waals surface area (Å²) in [7, 11) is 0. The van der Waals surface area contributed by atoms with Crippen molar-refractivity contribution < 1.29 is 23.8 Å². The minimum atomic E-state index is -0.911. The Balaban J connectivity index is 1.61.